The number of methoxy groups -OCH3 is 1. The molecule has 0 aliphatic heterocycles. The summed E-state index contributed by atoms with van der Waals surface area (Å²) in [4.78, 5) is 0. The number of rotatable bonds is 7. The van der Waals surface area contributed by atoms with Crippen molar-refractivity contribution in [2.45, 2.75) is 38.6 Å². The van der Waals surface area contributed by atoms with Gasteiger partial charge in [-0.2, -0.15) is 0 Å². The van der Waals surface area contributed by atoms with Crippen LogP contribution in [0.4, 0.5) is 0 Å². The Bertz CT molecular complexity index is 390. The van der Waals surface area contributed by atoms with Gasteiger partial charge in [0.25, 0.3) is 0 Å². The second-order valence-electron chi connectivity index (χ2n) is 5.02. The van der Waals surface area contributed by atoms with Crippen molar-refractivity contribution in [1.29, 1.82) is 0 Å². The van der Waals surface area contributed by atoms with Gasteiger partial charge in [0, 0.05) is 6.04 Å². The normalized spacial score (nSPS) is 16.6. The minimum Gasteiger partial charge on any atom is -0.496 e. The van der Waals surface area contributed by atoms with Crippen molar-refractivity contribution in [2.24, 2.45) is 5.92 Å². The van der Waals surface area contributed by atoms with Crippen LogP contribution in [0, 0.1) is 5.92 Å². The second kappa shape index (κ2) is 6.58. The molecule has 1 aliphatic rings. The molecule has 0 saturated heterocycles. The Hall–Kier alpha value is -0.540. The topological polar surface area (TPSA) is 21.3 Å². The van der Waals surface area contributed by atoms with Crippen LogP contribution in [0.5, 0.6) is 5.75 Å². The Morgan fingerprint density at radius 1 is 1.44 bits per heavy atom. The van der Waals surface area contributed by atoms with Gasteiger partial charge < -0.3 is 10.1 Å². The summed E-state index contributed by atoms with van der Waals surface area (Å²) in [5.74, 6) is 1.89. The molecule has 0 radical (unpaired) electrons. The fourth-order valence-electron chi connectivity index (χ4n) is 2.34. The van der Waals surface area contributed by atoms with E-state index in [1.807, 2.05) is 6.07 Å². The molecule has 3 heteroatoms. The van der Waals surface area contributed by atoms with Crippen LogP contribution in [0.25, 0.3) is 0 Å². The van der Waals surface area contributed by atoms with Gasteiger partial charge in [-0.3, -0.25) is 0 Å². The van der Waals surface area contributed by atoms with E-state index in [-0.39, 0.29) is 0 Å². The molecule has 1 aliphatic carbocycles. The number of hydrogen-bond donors (Lipinski definition) is 1. The van der Waals surface area contributed by atoms with E-state index in [9.17, 15) is 0 Å². The van der Waals surface area contributed by atoms with Crippen LogP contribution in [-0.4, -0.2) is 13.7 Å². The van der Waals surface area contributed by atoms with E-state index < -0.39 is 0 Å². The highest BCUT2D eigenvalue weighted by Crippen LogP contribution is 2.36. The standard InChI is InChI=1S/C15H22BrNO/c1-3-17-14(8-6-11-4-5-11)12-7-9-15(18-2)13(16)10-12/h7,9-11,14,17H,3-6,8H2,1-2H3. The van der Waals surface area contributed by atoms with E-state index in [1.54, 1.807) is 7.11 Å². The van der Waals surface area contributed by atoms with E-state index in [4.69, 9.17) is 4.74 Å². The van der Waals surface area contributed by atoms with Crippen molar-refractivity contribution in [1.82, 2.24) is 5.32 Å². The van der Waals surface area contributed by atoms with Gasteiger partial charge in [0.15, 0.2) is 0 Å². The summed E-state index contributed by atoms with van der Waals surface area (Å²) < 4.78 is 6.32. The Kier molecular flexibility index (Phi) is 5.07. The summed E-state index contributed by atoms with van der Waals surface area (Å²) in [6, 6.07) is 6.86. The number of hydrogen-bond acceptors (Lipinski definition) is 2. The highest BCUT2D eigenvalue weighted by molar-refractivity contribution is 9.10. The third kappa shape index (κ3) is 3.72. The molecule has 1 fully saturated rings. The molecule has 0 spiro atoms. The average molecular weight is 312 g/mol. The van der Waals surface area contributed by atoms with Gasteiger partial charge in [-0.15, -0.1) is 0 Å². The van der Waals surface area contributed by atoms with Gasteiger partial charge in [-0.1, -0.05) is 25.8 Å². The molecule has 1 unspecified atom stereocenters. The highest BCUT2D eigenvalue weighted by atomic mass is 79.9. The van der Waals surface area contributed by atoms with Crippen molar-refractivity contribution in [3.05, 3.63) is 28.2 Å². The van der Waals surface area contributed by atoms with Crippen molar-refractivity contribution < 1.29 is 4.74 Å². The van der Waals surface area contributed by atoms with E-state index in [2.05, 4.69) is 40.3 Å². The first-order chi connectivity index (χ1) is 8.74. The van der Waals surface area contributed by atoms with Crippen molar-refractivity contribution in [3.63, 3.8) is 0 Å². The van der Waals surface area contributed by atoms with Crippen LogP contribution in [0.1, 0.15) is 44.2 Å². The highest BCUT2D eigenvalue weighted by Gasteiger charge is 2.23. The number of benzene rings is 1. The van der Waals surface area contributed by atoms with E-state index in [0.717, 1.165) is 22.7 Å². The Morgan fingerprint density at radius 2 is 2.22 bits per heavy atom. The average Bonchev–Trinajstić information content (AvgIpc) is 3.18. The van der Waals surface area contributed by atoms with Crippen LogP contribution in [0.2, 0.25) is 0 Å². The van der Waals surface area contributed by atoms with Crippen molar-refractivity contribution in [2.75, 3.05) is 13.7 Å². The predicted octanol–water partition coefficient (Wildman–Crippen LogP) is 4.30. The van der Waals surface area contributed by atoms with Crippen LogP contribution >= 0.6 is 15.9 Å². The number of halogens is 1. The van der Waals surface area contributed by atoms with Crippen molar-refractivity contribution >= 4 is 15.9 Å². The molecule has 2 nitrogen and oxygen atoms in total. The third-order valence-electron chi connectivity index (χ3n) is 3.59. The first-order valence-corrected chi connectivity index (χ1v) is 7.60. The first-order valence-electron chi connectivity index (χ1n) is 6.81. The molecule has 2 rings (SSSR count). The molecule has 1 aromatic rings. The summed E-state index contributed by atoms with van der Waals surface area (Å²) in [6.07, 6.45) is 5.45. The summed E-state index contributed by atoms with van der Waals surface area (Å²) in [5, 5.41) is 3.59. The second-order valence-corrected chi connectivity index (χ2v) is 5.88. The molecule has 1 saturated carbocycles. The first kappa shape index (κ1) is 13.9. The lowest BCUT2D eigenvalue weighted by Crippen LogP contribution is -2.21. The predicted molar refractivity (Wildman–Crippen MR) is 79.1 cm³/mol. The third-order valence-corrected chi connectivity index (χ3v) is 4.21. The summed E-state index contributed by atoms with van der Waals surface area (Å²) in [6.45, 7) is 3.18. The zero-order valence-electron chi connectivity index (χ0n) is 11.2. The largest absolute Gasteiger partial charge is 0.496 e. The van der Waals surface area contributed by atoms with Crippen LogP contribution < -0.4 is 10.1 Å². The van der Waals surface area contributed by atoms with E-state index in [0.29, 0.717) is 6.04 Å². The number of ether oxygens (including phenoxy) is 1. The minimum atomic E-state index is 0.470. The van der Waals surface area contributed by atoms with Gasteiger partial charge in [0.2, 0.25) is 0 Å². The van der Waals surface area contributed by atoms with E-state index in [1.165, 1.54) is 31.2 Å². The van der Waals surface area contributed by atoms with Crippen LogP contribution in [0.15, 0.2) is 22.7 Å². The molecule has 0 aromatic heterocycles. The van der Waals surface area contributed by atoms with Gasteiger partial charge >= 0.3 is 0 Å². The zero-order valence-corrected chi connectivity index (χ0v) is 12.8. The van der Waals surface area contributed by atoms with Crippen LogP contribution in [-0.2, 0) is 0 Å². The Morgan fingerprint density at radius 3 is 2.78 bits per heavy atom. The molecule has 1 atom stereocenters. The van der Waals surface area contributed by atoms with Gasteiger partial charge in [0.1, 0.15) is 5.75 Å². The molecule has 1 aromatic carbocycles. The molecular weight excluding hydrogens is 290 g/mol. The SMILES string of the molecule is CCNC(CCC1CC1)c1ccc(OC)c(Br)c1. The smallest absolute Gasteiger partial charge is 0.133 e. The molecule has 0 bridgehead atoms. The fraction of sp³-hybridized carbons (Fsp3) is 0.600. The van der Waals surface area contributed by atoms with E-state index >= 15 is 0 Å². The van der Waals surface area contributed by atoms with Gasteiger partial charge in [0.05, 0.1) is 11.6 Å². The lowest BCUT2D eigenvalue weighted by molar-refractivity contribution is 0.411. The summed E-state index contributed by atoms with van der Waals surface area (Å²) in [5.41, 5.74) is 1.35. The fourth-order valence-corrected chi connectivity index (χ4v) is 2.90. The lowest BCUT2D eigenvalue weighted by atomic mass is 10.0. The monoisotopic (exact) mass is 311 g/mol. The maximum atomic E-state index is 5.28. The molecule has 100 valence electrons. The van der Waals surface area contributed by atoms with Crippen LogP contribution in [0.3, 0.4) is 0 Å². The molecular formula is C15H22BrNO. The molecule has 0 amide bonds. The molecule has 1 N–H and O–H groups in total. The summed E-state index contributed by atoms with van der Waals surface area (Å²) in [7, 11) is 1.70. The minimum absolute atomic E-state index is 0.470. The van der Waals surface area contributed by atoms with Gasteiger partial charge in [-0.05, 0) is 58.9 Å². The lowest BCUT2D eigenvalue weighted by Gasteiger charge is -2.19. The maximum Gasteiger partial charge on any atom is 0.133 e. The zero-order chi connectivity index (χ0) is 13.0. The quantitative estimate of drug-likeness (QED) is 0.810. The maximum absolute atomic E-state index is 5.28. The van der Waals surface area contributed by atoms with Crippen molar-refractivity contribution in [3.8, 4) is 5.75 Å². The summed E-state index contributed by atoms with van der Waals surface area (Å²) >= 11 is 3.57. The number of nitrogens with one attached hydrogen (secondary N) is 1. The van der Waals surface area contributed by atoms with Gasteiger partial charge in [-0.25, -0.2) is 0 Å². The molecule has 18 heavy (non-hydrogen) atoms. The Balaban J connectivity index is 2.05. The Labute approximate surface area is 118 Å². The molecule has 0 heterocycles.